The summed E-state index contributed by atoms with van der Waals surface area (Å²) in [7, 11) is 0. The van der Waals surface area contributed by atoms with Crippen molar-refractivity contribution in [3.05, 3.63) is 133 Å². The van der Waals surface area contributed by atoms with Gasteiger partial charge < -0.3 is 0 Å². The van der Waals surface area contributed by atoms with Gasteiger partial charge >= 0.3 is 211 Å². The molecule has 0 radical (unpaired) electrons. The molecule has 168 valence electrons. The van der Waals surface area contributed by atoms with E-state index in [2.05, 4.69) is 119 Å². The standard InChI is InChI=1S/C30H22N4Se/c1-5-13-23(14-6-1)33(24-15-7-2-8-16-24)27-21-22-28(30-29(27)31-35-32-30)34(25-17-9-3-10-18-25)26-19-11-4-12-20-26/h1-22H. The van der Waals surface area contributed by atoms with E-state index in [9.17, 15) is 0 Å². The number of hydrogen-bond acceptors (Lipinski definition) is 4. The second kappa shape index (κ2) is 9.59. The molecule has 0 amide bonds. The second-order valence-electron chi connectivity index (χ2n) is 8.08. The first-order valence-corrected chi connectivity index (χ1v) is 13.0. The molecule has 0 saturated heterocycles. The third kappa shape index (κ3) is 4.12. The van der Waals surface area contributed by atoms with Gasteiger partial charge in [0.2, 0.25) is 0 Å². The Hall–Kier alpha value is -4.18. The molecule has 6 aromatic rings. The van der Waals surface area contributed by atoms with Gasteiger partial charge in [0.25, 0.3) is 0 Å². The fraction of sp³-hybridized carbons (Fsp3) is 0. The molecular weight excluding hydrogens is 495 g/mol. The summed E-state index contributed by atoms with van der Waals surface area (Å²) in [5.74, 6) is 0. The maximum atomic E-state index is 4.93. The second-order valence-corrected chi connectivity index (χ2v) is 9.19. The molecule has 1 heterocycles. The van der Waals surface area contributed by atoms with Crippen molar-refractivity contribution in [1.82, 2.24) is 7.96 Å². The van der Waals surface area contributed by atoms with Crippen molar-refractivity contribution in [2.45, 2.75) is 0 Å². The van der Waals surface area contributed by atoms with Crippen LogP contribution in [0.2, 0.25) is 0 Å². The first-order chi connectivity index (χ1) is 17.4. The van der Waals surface area contributed by atoms with Crippen molar-refractivity contribution in [3.63, 3.8) is 0 Å². The Labute approximate surface area is 210 Å². The van der Waals surface area contributed by atoms with Crippen LogP contribution in [0.3, 0.4) is 0 Å². The topological polar surface area (TPSA) is 32.3 Å². The van der Waals surface area contributed by atoms with Gasteiger partial charge in [0.15, 0.2) is 0 Å². The SMILES string of the molecule is c1ccc(N(c2ccccc2)c2ccc(N(c3ccccc3)c3ccccc3)c3n[se]nc23)cc1. The van der Waals surface area contributed by atoms with E-state index in [4.69, 9.17) is 7.96 Å². The number of nitrogens with zero attached hydrogens (tertiary/aromatic N) is 4. The number of benzene rings is 5. The van der Waals surface area contributed by atoms with Crippen LogP contribution in [-0.2, 0) is 0 Å². The van der Waals surface area contributed by atoms with Crippen LogP contribution >= 0.6 is 0 Å². The molecule has 1 aromatic heterocycles. The summed E-state index contributed by atoms with van der Waals surface area (Å²) in [5, 5.41) is 0. The van der Waals surface area contributed by atoms with Crippen molar-refractivity contribution in [3.8, 4) is 0 Å². The zero-order valence-corrected chi connectivity index (χ0v) is 20.6. The van der Waals surface area contributed by atoms with E-state index in [1.54, 1.807) is 0 Å². The van der Waals surface area contributed by atoms with Crippen LogP contribution in [0.25, 0.3) is 11.0 Å². The van der Waals surface area contributed by atoms with Crippen LogP contribution in [0, 0.1) is 0 Å². The molecule has 4 nitrogen and oxygen atoms in total. The van der Waals surface area contributed by atoms with E-state index in [1.807, 2.05) is 24.3 Å². The van der Waals surface area contributed by atoms with Crippen molar-refractivity contribution in [1.29, 1.82) is 0 Å². The van der Waals surface area contributed by atoms with Crippen LogP contribution in [0.5, 0.6) is 0 Å². The first-order valence-electron chi connectivity index (χ1n) is 11.5. The molecule has 0 aliphatic carbocycles. The molecule has 6 rings (SSSR count). The molecule has 0 N–H and O–H groups in total. The van der Waals surface area contributed by atoms with Crippen molar-refractivity contribution >= 4 is 60.1 Å². The summed E-state index contributed by atoms with van der Waals surface area (Å²) in [6.45, 7) is 0. The third-order valence-electron chi connectivity index (χ3n) is 5.91. The van der Waals surface area contributed by atoms with Gasteiger partial charge in [-0.1, -0.05) is 0 Å². The number of aromatic nitrogens is 2. The molecule has 5 heteroatoms. The van der Waals surface area contributed by atoms with Gasteiger partial charge in [0, 0.05) is 0 Å². The normalized spacial score (nSPS) is 10.9. The Balaban J connectivity index is 1.57. The summed E-state index contributed by atoms with van der Waals surface area (Å²) in [4.78, 5) is 4.52. The average molecular weight is 517 g/mol. The predicted octanol–water partition coefficient (Wildman–Crippen LogP) is 7.63. The molecule has 0 unspecified atom stereocenters. The number of hydrogen-bond donors (Lipinski definition) is 0. The summed E-state index contributed by atoms with van der Waals surface area (Å²) < 4.78 is 9.86. The van der Waals surface area contributed by atoms with E-state index in [0.717, 1.165) is 45.2 Å². The molecule has 0 fully saturated rings. The third-order valence-corrected chi connectivity index (χ3v) is 7.02. The van der Waals surface area contributed by atoms with E-state index in [1.165, 1.54) is 0 Å². The number of rotatable bonds is 6. The Morgan fingerprint density at radius 2 is 0.657 bits per heavy atom. The van der Waals surface area contributed by atoms with E-state index >= 15 is 0 Å². The molecule has 35 heavy (non-hydrogen) atoms. The van der Waals surface area contributed by atoms with Gasteiger partial charge in [-0.05, 0) is 0 Å². The zero-order valence-electron chi connectivity index (χ0n) is 18.9. The van der Waals surface area contributed by atoms with Crippen LogP contribution in [0.4, 0.5) is 34.1 Å². The van der Waals surface area contributed by atoms with Gasteiger partial charge in [0.05, 0.1) is 0 Å². The average Bonchev–Trinajstić information content (AvgIpc) is 3.43. The number of anilines is 6. The minimum atomic E-state index is -0.189. The Kier molecular flexibility index (Phi) is 5.85. The maximum absolute atomic E-state index is 4.93. The van der Waals surface area contributed by atoms with Crippen molar-refractivity contribution < 1.29 is 0 Å². The van der Waals surface area contributed by atoms with Gasteiger partial charge in [-0.3, -0.25) is 0 Å². The van der Waals surface area contributed by atoms with E-state index in [-0.39, 0.29) is 15.0 Å². The summed E-state index contributed by atoms with van der Waals surface area (Å²) in [5.41, 5.74) is 8.30. The Bertz CT molecular complexity index is 1340. The Morgan fingerprint density at radius 1 is 0.371 bits per heavy atom. The van der Waals surface area contributed by atoms with Gasteiger partial charge in [-0.15, -0.1) is 0 Å². The van der Waals surface area contributed by atoms with E-state index < -0.39 is 0 Å². The number of para-hydroxylation sites is 4. The predicted molar refractivity (Wildman–Crippen MR) is 146 cm³/mol. The molecule has 0 aliphatic heterocycles. The summed E-state index contributed by atoms with van der Waals surface area (Å²) in [6.07, 6.45) is 0. The molecule has 0 aliphatic rings. The monoisotopic (exact) mass is 518 g/mol. The fourth-order valence-corrected chi connectivity index (χ4v) is 5.55. The van der Waals surface area contributed by atoms with Crippen LogP contribution in [0.15, 0.2) is 133 Å². The van der Waals surface area contributed by atoms with Crippen LogP contribution in [-0.4, -0.2) is 22.9 Å². The molecule has 0 spiro atoms. The molecule has 0 atom stereocenters. The van der Waals surface area contributed by atoms with Crippen molar-refractivity contribution in [2.75, 3.05) is 9.80 Å². The molecule has 5 aromatic carbocycles. The zero-order chi connectivity index (χ0) is 23.5. The quantitative estimate of drug-likeness (QED) is 0.213. The van der Waals surface area contributed by atoms with Crippen LogP contribution in [0.1, 0.15) is 0 Å². The molecule has 0 bridgehead atoms. The number of fused-ring (bicyclic) bond motifs is 1. The van der Waals surface area contributed by atoms with Crippen LogP contribution < -0.4 is 9.80 Å². The summed E-state index contributed by atoms with van der Waals surface area (Å²) >= 11 is -0.189. The van der Waals surface area contributed by atoms with E-state index in [0.29, 0.717) is 0 Å². The molecule has 0 saturated carbocycles. The Morgan fingerprint density at radius 3 is 0.943 bits per heavy atom. The minimum absolute atomic E-state index is 0.189. The first kappa shape index (κ1) is 21.4. The van der Waals surface area contributed by atoms with Gasteiger partial charge in [0.1, 0.15) is 0 Å². The summed E-state index contributed by atoms with van der Waals surface area (Å²) in [6, 6.07) is 46.1. The van der Waals surface area contributed by atoms with Gasteiger partial charge in [-0.2, -0.15) is 0 Å². The van der Waals surface area contributed by atoms with Crippen molar-refractivity contribution in [2.24, 2.45) is 0 Å². The fourth-order valence-electron chi connectivity index (χ4n) is 4.36. The van der Waals surface area contributed by atoms with Gasteiger partial charge in [-0.25, -0.2) is 0 Å². The molecular formula is C30H22N4Se.